The fraction of sp³-hybridized carbons (Fsp3) is 0.429. The molecule has 0 saturated heterocycles. The van der Waals surface area contributed by atoms with Crippen molar-refractivity contribution in [3.05, 3.63) is 34.9 Å². The summed E-state index contributed by atoms with van der Waals surface area (Å²) in [4.78, 5) is 25.6. The van der Waals surface area contributed by atoms with Crippen LogP contribution in [0.15, 0.2) is 24.3 Å². The standard InChI is InChI=1S/C14H19ClN2O2/c1-9(2)12(14(19)17(3)4)16-13(18)10-7-5-6-8-11(10)15/h5-9,12H,1-4H3,(H,16,18). The van der Waals surface area contributed by atoms with E-state index in [0.29, 0.717) is 10.6 Å². The zero-order valence-electron chi connectivity index (χ0n) is 11.6. The molecule has 4 nitrogen and oxygen atoms in total. The van der Waals surface area contributed by atoms with Gasteiger partial charge in [0, 0.05) is 14.1 Å². The van der Waals surface area contributed by atoms with Crippen LogP contribution in [-0.4, -0.2) is 36.9 Å². The van der Waals surface area contributed by atoms with Gasteiger partial charge in [0.05, 0.1) is 10.6 Å². The highest BCUT2D eigenvalue weighted by molar-refractivity contribution is 6.33. The molecule has 0 aromatic heterocycles. The van der Waals surface area contributed by atoms with Crippen molar-refractivity contribution in [1.82, 2.24) is 10.2 Å². The number of hydrogen-bond donors (Lipinski definition) is 1. The van der Waals surface area contributed by atoms with E-state index in [2.05, 4.69) is 5.32 Å². The molecule has 0 fully saturated rings. The number of carbonyl (C=O) groups excluding carboxylic acids is 2. The fourth-order valence-electron chi connectivity index (χ4n) is 1.66. The molecule has 1 N–H and O–H groups in total. The first-order valence-electron chi connectivity index (χ1n) is 6.11. The second-order valence-corrected chi connectivity index (χ2v) is 5.31. The summed E-state index contributed by atoms with van der Waals surface area (Å²) in [6, 6.07) is 6.21. The van der Waals surface area contributed by atoms with Crippen LogP contribution in [0.1, 0.15) is 24.2 Å². The number of halogens is 1. The molecule has 2 amide bonds. The molecule has 5 heteroatoms. The average molecular weight is 283 g/mol. The lowest BCUT2D eigenvalue weighted by atomic mass is 10.0. The van der Waals surface area contributed by atoms with E-state index in [1.807, 2.05) is 13.8 Å². The van der Waals surface area contributed by atoms with Crippen LogP contribution in [0.5, 0.6) is 0 Å². The summed E-state index contributed by atoms with van der Waals surface area (Å²) in [5.41, 5.74) is 0.376. The highest BCUT2D eigenvalue weighted by Crippen LogP contribution is 2.15. The number of amides is 2. The van der Waals surface area contributed by atoms with Gasteiger partial charge in [-0.15, -0.1) is 0 Å². The molecule has 1 aromatic rings. The first kappa shape index (κ1) is 15.5. The molecule has 1 aromatic carbocycles. The molecule has 1 unspecified atom stereocenters. The van der Waals surface area contributed by atoms with Crippen molar-refractivity contribution in [1.29, 1.82) is 0 Å². The minimum absolute atomic E-state index is 0.00124. The van der Waals surface area contributed by atoms with Gasteiger partial charge in [0.25, 0.3) is 5.91 Å². The van der Waals surface area contributed by atoms with Crippen LogP contribution in [0, 0.1) is 5.92 Å². The summed E-state index contributed by atoms with van der Waals surface area (Å²) in [7, 11) is 3.33. The molecule has 0 aliphatic heterocycles. The Labute approximate surface area is 118 Å². The maximum Gasteiger partial charge on any atom is 0.253 e. The van der Waals surface area contributed by atoms with Crippen molar-refractivity contribution in [3.63, 3.8) is 0 Å². The van der Waals surface area contributed by atoms with E-state index in [1.165, 1.54) is 4.90 Å². The van der Waals surface area contributed by atoms with Crippen LogP contribution in [0.4, 0.5) is 0 Å². The summed E-state index contributed by atoms with van der Waals surface area (Å²) >= 11 is 5.97. The molecule has 0 spiro atoms. The van der Waals surface area contributed by atoms with Crippen molar-refractivity contribution in [2.24, 2.45) is 5.92 Å². The monoisotopic (exact) mass is 282 g/mol. The van der Waals surface area contributed by atoms with Gasteiger partial charge in [-0.1, -0.05) is 37.6 Å². The Morgan fingerprint density at radius 3 is 2.26 bits per heavy atom. The van der Waals surface area contributed by atoms with Crippen molar-refractivity contribution in [2.45, 2.75) is 19.9 Å². The number of rotatable bonds is 4. The van der Waals surface area contributed by atoms with Crippen molar-refractivity contribution in [3.8, 4) is 0 Å². The number of nitrogens with one attached hydrogen (secondary N) is 1. The van der Waals surface area contributed by atoms with E-state index in [4.69, 9.17) is 11.6 Å². The largest absolute Gasteiger partial charge is 0.347 e. The van der Waals surface area contributed by atoms with E-state index in [-0.39, 0.29) is 17.7 Å². The molecule has 0 aliphatic carbocycles. The molecule has 0 radical (unpaired) electrons. The molecule has 104 valence electrons. The van der Waals surface area contributed by atoms with E-state index >= 15 is 0 Å². The number of carbonyl (C=O) groups is 2. The van der Waals surface area contributed by atoms with E-state index in [9.17, 15) is 9.59 Å². The van der Waals surface area contributed by atoms with Gasteiger partial charge in [-0.25, -0.2) is 0 Å². The molecule has 1 atom stereocenters. The number of benzene rings is 1. The number of nitrogens with zero attached hydrogens (tertiary/aromatic N) is 1. The van der Waals surface area contributed by atoms with Gasteiger partial charge < -0.3 is 10.2 Å². The predicted molar refractivity (Wildman–Crippen MR) is 76.2 cm³/mol. The van der Waals surface area contributed by atoms with Crippen LogP contribution < -0.4 is 5.32 Å². The Morgan fingerprint density at radius 2 is 1.79 bits per heavy atom. The van der Waals surface area contributed by atoms with E-state index in [1.54, 1.807) is 38.4 Å². The fourth-order valence-corrected chi connectivity index (χ4v) is 1.88. The maximum absolute atomic E-state index is 12.1. The minimum atomic E-state index is -0.557. The summed E-state index contributed by atoms with van der Waals surface area (Å²) in [6.07, 6.45) is 0. The average Bonchev–Trinajstić information content (AvgIpc) is 2.34. The second kappa shape index (κ2) is 6.57. The van der Waals surface area contributed by atoms with Gasteiger partial charge in [-0.05, 0) is 18.1 Å². The summed E-state index contributed by atoms with van der Waals surface area (Å²) < 4.78 is 0. The van der Waals surface area contributed by atoms with Crippen LogP contribution in [-0.2, 0) is 4.79 Å². The van der Waals surface area contributed by atoms with Crippen molar-refractivity contribution < 1.29 is 9.59 Å². The topological polar surface area (TPSA) is 49.4 Å². The zero-order chi connectivity index (χ0) is 14.6. The van der Waals surface area contributed by atoms with Gasteiger partial charge in [0.1, 0.15) is 6.04 Å². The third kappa shape index (κ3) is 3.96. The summed E-state index contributed by atoms with van der Waals surface area (Å²) in [5.74, 6) is -0.462. The summed E-state index contributed by atoms with van der Waals surface area (Å²) in [5, 5.41) is 3.11. The SMILES string of the molecule is CC(C)C(NC(=O)c1ccccc1Cl)C(=O)N(C)C. The van der Waals surface area contributed by atoms with E-state index < -0.39 is 6.04 Å². The molecule has 19 heavy (non-hydrogen) atoms. The Morgan fingerprint density at radius 1 is 1.21 bits per heavy atom. The normalized spacial score (nSPS) is 12.1. The number of likely N-dealkylation sites (N-methyl/N-ethyl adjacent to an activating group) is 1. The molecule has 0 saturated carbocycles. The van der Waals surface area contributed by atoms with Gasteiger partial charge in [0.15, 0.2) is 0 Å². The Hall–Kier alpha value is -1.55. The molecule has 1 rings (SSSR count). The third-order valence-electron chi connectivity index (χ3n) is 2.78. The lowest BCUT2D eigenvalue weighted by Crippen LogP contribution is -2.49. The Balaban J connectivity index is 2.89. The number of hydrogen-bond acceptors (Lipinski definition) is 2. The van der Waals surface area contributed by atoms with Crippen LogP contribution in [0.3, 0.4) is 0 Å². The van der Waals surface area contributed by atoms with Gasteiger partial charge in [-0.2, -0.15) is 0 Å². The first-order chi connectivity index (χ1) is 8.84. The maximum atomic E-state index is 12.1. The third-order valence-corrected chi connectivity index (χ3v) is 3.11. The van der Waals surface area contributed by atoms with E-state index in [0.717, 1.165) is 0 Å². The van der Waals surface area contributed by atoms with Gasteiger partial charge in [-0.3, -0.25) is 9.59 Å². The molecular weight excluding hydrogens is 264 g/mol. The first-order valence-corrected chi connectivity index (χ1v) is 6.49. The van der Waals surface area contributed by atoms with Crippen LogP contribution in [0.2, 0.25) is 5.02 Å². The summed E-state index contributed by atoms with van der Waals surface area (Å²) in [6.45, 7) is 3.78. The van der Waals surface area contributed by atoms with Gasteiger partial charge in [0.2, 0.25) is 5.91 Å². The predicted octanol–water partition coefficient (Wildman–Crippen LogP) is 2.18. The van der Waals surface area contributed by atoms with Crippen LogP contribution >= 0.6 is 11.6 Å². The Bertz CT molecular complexity index is 472. The quantitative estimate of drug-likeness (QED) is 0.920. The highest BCUT2D eigenvalue weighted by Gasteiger charge is 2.26. The van der Waals surface area contributed by atoms with Gasteiger partial charge >= 0.3 is 0 Å². The molecule has 0 aliphatic rings. The lowest BCUT2D eigenvalue weighted by molar-refractivity contribution is -0.131. The zero-order valence-corrected chi connectivity index (χ0v) is 12.4. The molecule has 0 heterocycles. The van der Waals surface area contributed by atoms with Crippen molar-refractivity contribution >= 4 is 23.4 Å². The van der Waals surface area contributed by atoms with Crippen molar-refractivity contribution in [2.75, 3.05) is 14.1 Å². The molecular formula is C14H19ClN2O2. The minimum Gasteiger partial charge on any atom is -0.347 e. The Kier molecular flexibility index (Phi) is 5.36. The van der Waals surface area contributed by atoms with Crippen LogP contribution in [0.25, 0.3) is 0 Å². The molecule has 0 bridgehead atoms. The lowest BCUT2D eigenvalue weighted by Gasteiger charge is -2.24. The second-order valence-electron chi connectivity index (χ2n) is 4.91. The highest BCUT2D eigenvalue weighted by atomic mass is 35.5. The smallest absolute Gasteiger partial charge is 0.253 e.